The number of rotatable bonds is 5. The molecule has 4 rings (SSSR count). The fourth-order valence-corrected chi connectivity index (χ4v) is 3.70. The lowest BCUT2D eigenvalue weighted by molar-refractivity contribution is 0.0516. The molecule has 7 nitrogen and oxygen atoms in total. The lowest BCUT2D eigenvalue weighted by atomic mass is 10.1. The first kappa shape index (κ1) is 24.8. The molecule has 0 saturated heterocycles. The predicted octanol–water partition coefficient (Wildman–Crippen LogP) is 5.13. The highest BCUT2D eigenvalue weighted by molar-refractivity contribution is 5.86. The Labute approximate surface area is 211 Å². The van der Waals surface area contributed by atoms with Crippen molar-refractivity contribution in [2.75, 3.05) is 7.11 Å². The van der Waals surface area contributed by atoms with Crippen LogP contribution in [0.25, 0.3) is 22.0 Å². The smallest absolute Gasteiger partial charge is 0.408 e. The number of aryl methyl sites for hydroxylation is 1. The summed E-state index contributed by atoms with van der Waals surface area (Å²) in [5.41, 5.74) is 2.23. The number of nitrogens with one attached hydrogen (secondary N) is 1. The number of carbonyl (C=O) groups is 1. The number of hydrogen-bond donors (Lipinski definition) is 1. The minimum Gasteiger partial charge on any atom is -0.497 e. The second-order valence-electron chi connectivity index (χ2n) is 9.52. The van der Waals surface area contributed by atoms with Crippen molar-refractivity contribution in [2.24, 2.45) is 7.05 Å². The Balaban J connectivity index is 1.58. The lowest BCUT2D eigenvalue weighted by Crippen LogP contribution is -2.39. The fraction of sp³-hybridized carbons (Fsp3) is 0.276. The topological polar surface area (TPSA) is 78.3 Å². The first-order chi connectivity index (χ1) is 17.2. The molecule has 0 spiro atoms. The Kier molecular flexibility index (Phi) is 7.25. The number of carbonyl (C=O) groups excluding carboxylic acids is 1. The molecule has 1 atom stereocenters. The van der Waals surface area contributed by atoms with Crippen LogP contribution < -0.4 is 10.1 Å². The quantitative estimate of drug-likeness (QED) is 0.399. The highest BCUT2D eigenvalue weighted by Crippen LogP contribution is 2.23. The molecule has 0 radical (unpaired) electrons. The van der Waals surface area contributed by atoms with E-state index in [2.05, 4.69) is 28.2 Å². The maximum absolute atomic E-state index is 12.5. The van der Waals surface area contributed by atoms with Gasteiger partial charge in [0.2, 0.25) is 0 Å². The summed E-state index contributed by atoms with van der Waals surface area (Å²) in [7, 11) is 3.54. The molecule has 0 unspecified atom stereocenters. The van der Waals surface area contributed by atoms with Crippen molar-refractivity contribution >= 4 is 16.9 Å². The van der Waals surface area contributed by atoms with Gasteiger partial charge in [-0.1, -0.05) is 30.2 Å². The number of amides is 1. The van der Waals surface area contributed by atoms with Crippen molar-refractivity contribution in [3.63, 3.8) is 0 Å². The van der Waals surface area contributed by atoms with Crippen LogP contribution in [0.5, 0.6) is 5.75 Å². The van der Waals surface area contributed by atoms with Crippen LogP contribution >= 0.6 is 0 Å². The van der Waals surface area contributed by atoms with Gasteiger partial charge in [0.05, 0.1) is 18.8 Å². The van der Waals surface area contributed by atoms with E-state index in [0.717, 1.165) is 33.3 Å². The predicted molar refractivity (Wildman–Crippen MR) is 141 cm³/mol. The normalized spacial score (nSPS) is 11.9. The molecule has 2 heterocycles. The van der Waals surface area contributed by atoms with E-state index in [1.165, 1.54) is 0 Å². The maximum Gasteiger partial charge on any atom is 0.408 e. The van der Waals surface area contributed by atoms with Gasteiger partial charge in [-0.3, -0.25) is 4.98 Å². The molecule has 0 aliphatic rings. The third-order valence-corrected chi connectivity index (χ3v) is 5.46. The van der Waals surface area contributed by atoms with E-state index >= 15 is 0 Å². The molecule has 0 bridgehead atoms. The van der Waals surface area contributed by atoms with Crippen LogP contribution in [0, 0.1) is 11.8 Å². The highest BCUT2D eigenvalue weighted by atomic mass is 16.6. The van der Waals surface area contributed by atoms with Crippen molar-refractivity contribution in [1.82, 2.24) is 19.9 Å². The molecule has 184 valence electrons. The zero-order valence-corrected chi connectivity index (χ0v) is 21.2. The van der Waals surface area contributed by atoms with Crippen LogP contribution in [0.4, 0.5) is 4.79 Å². The van der Waals surface area contributed by atoms with E-state index in [0.29, 0.717) is 12.2 Å². The summed E-state index contributed by atoms with van der Waals surface area (Å²) in [5.74, 6) is 7.70. The molecule has 2 aromatic carbocycles. The molecule has 0 saturated carbocycles. The molecule has 7 heteroatoms. The molecule has 2 aromatic heterocycles. The summed E-state index contributed by atoms with van der Waals surface area (Å²) >= 11 is 0. The van der Waals surface area contributed by atoms with Gasteiger partial charge in [0, 0.05) is 43.0 Å². The summed E-state index contributed by atoms with van der Waals surface area (Å²) in [6, 6.07) is 15.4. The number of fused-ring (bicyclic) bond motifs is 1. The van der Waals surface area contributed by atoms with Gasteiger partial charge >= 0.3 is 6.09 Å². The fourth-order valence-electron chi connectivity index (χ4n) is 3.70. The lowest BCUT2D eigenvalue weighted by Gasteiger charge is -2.21. The van der Waals surface area contributed by atoms with E-state index < -0.39 is 17.7 Å². The average molecular weight is 483 g/mol. The van der Waals surface area contributed by atoms with Crippen LogP contribution in [0.1, 0.15) is 32.2 Å². The summed E-state index contributed by atoms with van der Waals surface area (Å²) in [4.78, 5) is 21.4. The van der Waals surface area contributed by atoms with Gasteiger partial charge < -0.3 is 19.4 Å². The van der Waals surface area contributed by atoms with Gasteiger partial charge in [-0.15, -0.1) is 0 Å². The van der Waals surface area contributed by atoms with Gasteiger partial charge in [0.15, 0.2) is 5.82 Å². The minimum atomic E-state index is -0.604. The number of imidazole rings is 1. The summed E-state index contributed by atoms with van der Waals surface area (Å²) in [6.45, 7) is 5.49. The Morgan fingerprint density at radius 3 is 2.61 bits per heavy atom. The first-order valence-electron chi connectivity index (χ1n) is 11.7. The van der Waals surface area contributed by atoms with Crippen molar-refractivity contribution in [3.8, 4) is 28.8 Å². The van der Waals surface area contributed by atoms with Gasteiger partial charge in [-0.05, 0) is 61.9 Å². The summed E-state index contributed by atoms with van der Waals surface area (Å²) in [5, 5.41) is 5.06. The second-order valence-corrected chi connectivity index (χ2v) is 9.52. The monoisotopic (exact) mass is 482 g/mol. The number of hydrogen-bond acceptors (Lipinski definition) is 5. The summed E-state index contributed by atoms with van der Waals surface area (Å²) in [6.07, 6.45) is 5.57. The number of aromatic nitrogens is 3. The van der Waals surface area contributed by atoms with E-state index in [4.69, 9.17) is 14.5 Å². The van der Waals surface area contributed by atoms with E-state index in [1.54, 1.807) is 13.3 Å². The van der Waals surface area contributed by atoms with E-state index in [-0.39, 0.29) is 0 Å². The van der Waals surface area contributed by atoms with Crippen LogP contribution in [0.2, 0.25) is 0 Å². The third kappa shape index (κ3) is 6.42. The molecule has 1 N–H and O–H groups in total. The molecule has 0 fully saturated rings. The van der Waals surface area contributed by atoms with Crippen LogP contribution in [0.3, 0.4) is 0 Å². The Morgan fingerprint density at radius 1 is 1.11 bits per heavy atom. The molecule has 0 aliphatic carbocycles. The van der Waals surface area contributed by atoms with E-state index in [9.17, 15) is 4.79 Å². The number of ether oxygens (including phenoxy) is 2. The molecular formula is C29H30N4O3. The third-order valence-electron chi connectivity index (χ3n) is 5.46. The second kappa shape index (κ2) is 10.5. The number of methoxy groups -OCH3 is 1. The number of nitrogens with zero attached hydrogens (tertiary/aromatic N) is 3. The van der Waals surface area contributed by atoms with Crippen LogP contribution in [0.15, 0.2) is 67.1 Å². The zero-order valence-electron chi connectivity index (χ0n) is 21.2. The Morgan fingerprint density at radius 2 is 1.89 bits per heavy atom. The zero-order chi connectivity index (χ0) is 25.7. The van der Waals surface area contributed by atoms with Crippen molar-refractivity contribution < 1.29 is 14.3 Å². The van der Waals surface area contributed by atoms with E-state index in [1.807, 2.05) is 87.2 Å². The maximum atomic E-state index is 12.5. The molecule has 0 aliphatic heterocycles. The van der Waals surface area contributed by atoms with Crippen molar-refractivity contribution in [3.05, 3.63) is 78.5 Å². The highest BCUT2D eigenvalue weighted by Gasteiger charge is 2.19. The minimum absolute atomic E-state index is 0.471. The van der Waals surface area contributed by atoms with Gasteiger partial charge in [-0.25, -0.2) is 9.78 Å². The SMILES string of the molecule is COc1ccc(C[C@@H](C#Cc2nc(-c3ccc4cnccc4c3)cn2C)NC(=O)OC(C)(C)C)cc1. The largest absolute Gasteiger partial charge is 0.497 e. The summed E-state index contributed by atoms with van der Waals surface area (Å²) < 4.78 is 12.6. The number of alkyl carbamates (subject to hydrolysis) is 1. The first-order valence-corrected chi connectivity index (χ1v) is 11.7. The van der Waals surface area contributed by atoms with Crippen molar-refractivity contribution in [2.45, 2.75) is 38.8 Å². The molecule has 36 heavy (non-hydrogen) atoms. The number of benzene rings is 2. The Bertz CT molecular complexity index is 1420. The Hall–Kier alpha value is -4.31. The molecule has 1 amide bonds. The average Bonchev–Trinajstić information content (AvgIpc) is 3.22. The molecule has 4 aromatic rings. The van der Waals surface area contributed by atoms with Gasteiger partial charge in [-0.2, -0.15) is 0 Å². The van der Waals surface area contributed by atoms with Crippen molar-refractivity contribution in [1.29, 1.82) is 0 Å². The van der Waals surface area contributed by atoms with Gasteiger partial charge in [0.25, 0.3) is 0 Å². The van der Waals surface area contributed by atoms with Crippen LogP contribution in [-0.4, -0.2) is 39.4 Å². The standard InChI is InChI=1S/C29H30N4O3/c1-29(2,3)36-28(34)31-24(16-20-6-11-25(35-5)12-7-20)10-13-27-32-26(19-33(27)4)22-8-9-23-18-30-15-14-21(23)17-22/h6-9,11-12,14-15,17-19,24H,16H2,1-5H3,(H,31,34)/t24-/m1/s1. The molecular weight excluding hydrogens is 452 g/mol. The van der Waals surface area contributed by atoms with Crippen LogP contribution in [-0.2, 0) is 18.2 Å². The van der Waals surface area contributed by atoms with Gasteiger partial charge in [0.1, 0.15) is 11.4 Å². The number of pyridine rings is 1.